The zero-order chi connectivity index (χ0) is 24.2. The lowest BCUT2D eigenvalue weighted by Gasteiger charge is -2.15. The Morgan fingerprint density at radius 1 is 0.771 bits per heavy atom. The molecule has 0 aliphatic heterocycles. The van der Waals surface area contributed by atoms with E-state index in [-0.39, 0.29) is 18.1 Å². The number of benzene rings is 4. The summed E-state index contributed by atoms with van der Waals surface area (Å²) in [6.07, 6.45) is -0.549. The zero-order valence-corrected chi connectivity index (χ0v) is 18.7. The van der Waals surface area contributed by atoms with Crippen molar-refractivity contribution in [1.29, 1.82) is 0 Å². The van der Waals surface area contributed by atoms with Gasteiger partial charge in [0.05, 0.1) is 11.3 Å². The van der Waals surface area contributed by atoms with Crippen LogP contribution in [0.4, 0.5) is 10.5 Å². The predicted octanol–water partition coefficient (Wildman–Crippen LogP) is 6.15. The average Bonchev–Trinajstić information content (AvgIpc) is 3.21. The zero-order valence-electron chi connectivity index (χ0n) is 18.7. The third kappa shape index (κ3) is 4.64. The van der Waals surface area contributed by atoms with Gasteiger partial charge in [0, 0.05) is 17.0 Å². The van der Waals surface area contributed by atoms with Crippen molar-refractivity contribution in [3.05, 3.63) is 125 Å². The molecule has 0 bridgehead atoms. The monoisotopic (exact) mass is 459 g/mol. The van der Waals surface area contributed by atoms with Crippen molar-refractivity contribution in [2.45, 2.75) is 5.92 Å². The largest absolute Gasteiger partial charge is 0.478 e. The maximum Gasteiger partial charge on any atom is 0.411 e. The summed E-state index contributed by atoms with van der Waals surface area (Å²) in [6.45, 7) is 0.226. The number of carbonyl (C=O) groups is 2. The highest BCUT2D eigenvalue weighted by atomic mass is 16.5. The van der Waals surface area contributed by atoms with E-state index in [1.165, 1.54) is 23.3 Å². The molecule has 5 nitrogen and oxygen atoms in total. The first-order chi connectivity index (χ1) is 17.1. The molecule has 5 rings (SSSR count). The van der Waals surface area contributed by atoms with E-state index >= 15 is 0 Å². The van der Waals surface area contributed by atoms with Gasteiger partial charge in [0.1, 0.15) is 6.61 Å². The quantitative estimate of drug-likeness (QED) is 0.359. The van der Waals surface area contributed by atoms with Crippen LogP contribution in [0.15, 0.2) is 97.1 Å². The van der Waals surface area contributed by atoms with E-state index in [4.69, 9.17) is 9.84 Å². The van der Waals surface area contributed by atoms with Crippen LogP contribution < -0.4 is 5.32 Å². The highest BCUT2D eigenvalue weighted by Gasteiger charge is 2.29. The number of hydrogen-bond donors (Lipinski definition) is 2. The Kier molecular flexibility index (Phi) is 6.02. The summed E-state index contributed by atoms with van der Waals surface area (Å²) in [5, 5.41) is 11.8. The minimum atomic E-state index is -0.984. The maximum absolute atomic E-state index is 12.7. The summed E-state index contributed by atoms with van der Waals surface area (Å²) < 4.78 is 5.64. The van der Waals surface area contributed by atoms with Gasteiger partial charge in [-0.2, -0.15) is 0 Å². The van der Waals surface area contributed by atoms with Gasteiger partial charge in [0.25, 0.3) is 0 Å². The highest BCUT2D eigenvalue weighted by Crippen LogP contribution is 2.44. The van der Waals surface area contributed by atoms with Crippen molar-refractivity contribution in [3.8, 4) is 23.0 Å². The smallest absolute Gasteiger partial charge is 0.411 e. The van der Waals surface area contributed by atoms with E-state index in [2.05, 4.69) is 41.4 Å². The first-order valence-corrected chi connectivity index (χ1v) is 11.2. The molecule has 1 aliphatic carbocycles. The second kappa shape index (κ2) is 9.58. The topological polar surface area (TPSA) is 75.6 Å². The van der Waals surface area contributed by atoms with Crippen LogP contribution in [0.2, 0.25) is 0 Å². The van der Waals surface area contributed by atoms with Crippen molar-refractivity contribution in [1.82, 2.24) is 0 Å². The minimum Gasteiger partial charge on any atom is -0.478 e. The molecule has 0 unspecified atom stereocenters. The Morgan fingerprint density at radius 3 is 2.03 bits per heavy atom. The third-order valence-electron chi connectivity index (χ3n) is 5.98. The molecule has 170 valence electrons. The number of amides is 1. The van der Waals surface area contributed by atoms with Crippen LogP contribution in [-0.4, -0.2) is 23.8 Å². The van der Waals surface area contributed by atoms with Crippen LogP contribution >= 0.6 is 0 Å². The van der Waals surface area contributed by atoms with Crippen molar-refractivity contribution >= 4 is 17.7 Å². The molecule has 0 radical (unpaired) electrons. The molecule has 1 amide bonds. The van der Waals surface area contributed by atoms with Gasteiger partial charge < -0.3 is 9.84 Å². The van der Waals surface area contributed by atoms with Crippen LogP contribution in [0.1, 0.15) is 38.5 Å². The number of ether oxygens (including phenoxy) is 1. The van der Waals surface area contributed by atoms with Gasteiger partial charge in [-0.25, -0.2) is 9.59 Å². The second-order valence-corrected chi connectivity index (χ2v) is 8.13. The van der Waals surface area contributed by atoms with Gasteiger partial charge in [0.2, 0.25) is 0 Å². The van der Waals surface area contributed by atoms with E-state index < -0.39 is 12.1 Å². The normalized spacial score (nSPS) is 11.5. The molecule has 2 N–H and O–H groups in total. The molecule has 0 fully saturated rings. The number of aromatic carboxylic acids is 1. The van der Waals surface area contributed by atoms with Gasteiger partial charge in [-0.3, -0.25) is 5.32 Å². The number of carboxylic acid groups (broad SMARTS) is 1. The third-order valence-corrected chi connectivity index (χ3v) is 5.98. The number of carbonyl (C=O) groups excluding carboxylic acids is 1. The fourth-order valence-corrected chi connectivity index (χ4v) is 4.28. The standard InChI is InChI=1S/C30H21NO4/c32-29(33)22-17-14-20(15-18-22)13-16-21-7-1-6-12-28(21)31-30(34)35-19-27-25-10-4-2-8-23(25)24-9-3-5-11-26(24)27/h1-12,14-15,17-18,27H,19H2,(H,31,34)(H,32,33). The summed E-state index contributed by atoms with van der Waals surface area (Å²) in [7, 11) is 0. The Morgan fingerprint density at radius 2 is 1.37 bits per heavy atom. The molecular weight excluding hydrogens is 438 g/mol. The Balaban J connectivity index is 1.29. The van der Waals surface area contributed by atoms with E-state index in [1.807, 2.05) is 36.4 Å². The number of hydrogen-bond acceptors (Lipinski definition) is 3. The maximum atomic E-state index is 12.7. The first kappa shape index (κ1) is 22.0. The lowest BCUT2D eigenvalue weighted by Crippen LogP contribution is -2.18. The van der Waals surface area contributed by atoms with Crippen LogP contribution in [0.5, 0.6) is 0 Å². The molecule has 0 heterocycles. The molecule has 0 saturated heterocycles. The molecule has 0 saturated carbocycles. The fraction of sp³-hybridized carbons (Fsp3) is 0.0667. The summed E-state index contributed by atoms with van der Waals surface area (Å²) in [5.74, 6) is 5.04. The number of nitrogens with one attached hydrogen (secondary N) is 1. The van der Waals surface area contributed by atoms with Crippen LogP contribution in [0.25, 0.3) is 11.1 Å². The summed E-state index contributed by atoms with van der Waals surface area (Å²) in [6, 6.07) is 29.9. The number of carboxylic acids is 1. The fourth-order valence-electron chi connectivity index (χ4n) is 4.28. The van der Waals surface area contributed by atoms with Crippen LogP contribution in [-0.2, 0) is 4.74 Å². The molecule has 0 spiro atoms. The van der Waals surface area contributed by atoms with Gasteiger partial charge >= 0.3 is 12.1 Å². The van der Waals surface area contributed by atoms with Gasteiger partial charge in [-0.1, -0.05) is 72.5 Å². The first-order valence-electron chi connectivity index (χ1n) is 11.2. The molecule has 35 heavy (non-hydrogen) atoms. The van der Waals surface area contributed by atoms with Crippen molar-refractivity contribution < 1.29 is 19.4 Å². The van der Waals surface area contributed by atoms with E-state index in [9.17, 15) is 9.59 Å². The van der Waals surface area contributed by atoms with Gasteiger partial charge in [-0.15, -0.1) is 0 Å². The Bertz CT molecular complexity index is 1430. The van der Waals surface area contributed by atoms with Gasteiger partial charge in [-0.05, 0) is 58.7 Å². The highest BCUT2D eigenvalue weighted by molar-refractivity contribution is 5.88. The molecular formula is C30H21NO4. The summed E-state index contributed by atoms with van der Waals surface area (Å²) in [5.41, 5.74) is 6.70. The SMILES string of the molecule is O=C(Nc1ccccc1C#Cc1ccc(C(=O)O)cc1)OCC1c2ccccc2-c2ccccc21. The Labute approximate surface area is 203 Å². The molecule has 1 aliphatic rings. The molecule has 4 aromatic rings. The summed E-state index contributed by atoms with van der Waals surface area (Å²) >= 11 is 0. The van der Waals surface area contributed by atoms with Crippen molar-refractivity contribution in [2.24, 2.45) is 0 Å². The van der Waals surface area contributed by atoms with E-state index in [0.29, 0.717) is 16.8 Å². The van der Waals surface area contributed by atoms with E-state index in [0.717, 1.165) is 11.1 Å². The molecule has 4 aromatic carbocycles. The van der Waals surface area contributed by atoms with Crippen LogP contribution in [0.3, 0.4) is 0 Å². The molecule has 0 atom stereocenters. The average molecular weight is 460 g/mol. The number of rotatable bonds is 4. The number of para-hydroxylation sites is 1. The number of anilines is 1. The van der Waals surface area contributed by atoms with Crippen molar-refractivity contribution in [2.75, 3.05) is 11.9 Å². The lowest BCUT2D eigenvalue weighted by molar-refractivity contribution is 0.0697. The predicted molar refractivity (Wildman–Crippen MR) is 135 cm³/mol. The minimum absolute atomic E-state index is 0.0167. The lowest BCUT2D eigenvalue weighted by atomic mass is 9.98. The van der Waals surface area contributed by atoms with E-state index in [1.54, 1.807) is 24.3 Å². The van der Waals surface area contributed by atoms with Crippen LogP contribution in [0, 0.1) is 11.8 Å². The second-order valence-electron chi connectivity index (χ2n) is 8.13. The molecule has 0 aromatic heterocycles. The molecule has 5 heteroatoms. The summed E-state index contributed by atoms with van der Waals surface area (Å²) in [4.78, 5) is 23.7. The van der Waals surface area contributed by atoms with Crippen molar-refractivity contribution in [3.63, 3.8) is 0 Å². The van der Waals surface area contributed by atoms with Gasteiger partial charge in [0.15, 0.2) is 0 Å². The number of fused-ring (bicyclic) bond motifs is 3. The Hall–Kier alpha value is -4.82.